The van der Waals surface area contributed by atoms with Gasteiger partial charge in [0.05, 0.1) is 5.56 Å². The van der Waals surface area contributed by atoms with Gasteiger partial charge < -0.3 is 10.4 Å². The zero-order valence-electron chi connectivity index (χ0n) is 19.0. The molecule has 0 saturated carbocycles. The average Bonchev–Trinajstić information content (AvgIpc) is 3.42. The average molecular weight is 427 g/mol. The molecule has 0 amide bonds. The van der Waals surface area contributed by atoms with Crippen LogP contribution in [-0.2, 0) is 12.8 Å². The summed E-state index contributed by atoms with van der Waals surface area (Å²) in [5, 5.41) is 19.0. The highest BCUT2D eigenvalue weighted by atomic mass is 16.3. The van der Waals surface area contributed by atoms with E-state index < -0.39 is 0 Å². The lowest BCUT2D eigenvalue weighted by atomic mass is 9.97. The minimum absolute atomic E-state index is 0.272. The van der Waals surface area contributed by atoms with Crippen molar-refractivity contribution in [3.63, 3.8) is 0 Å². The summed E-state index contributed by atoms with van der Waals surface area (Å²) in [4.78, 5) is 5.16. The molecule has 32 heavy (non-hydrogen) atoms. The van der Waals surface area contributed by atoms with Gasteiger partial charge in [-0.05, 0) is 62.3 Å². The molecule has 5 nitrogen and oxygen atoms in total. The molecule has 2 heterocycles. The van der Waals surface area contributed by atoms with Gasteiger partial charge in [0, 0.05) is 22.9 Å². The number of nitrogens with one attached hydrogen (secondary N) is 1. The van der Waals surface area contributed by atoms with Crippen LogP contribution in [0, 0.1) is 6.92 Å². The number of phenolic OH excluding ortho intramolecular Hbond substituents is 1. The molecule has 0 atom stereocenters. The van der Waals surface area contributed by atoms with Gasteiger partial charge >= 0.3 is 0 Å². The van der Waals surface area contributed by atoms with Gasteiger partial charge in [-0.25, -0.2) is 4.98 Å². The Kier molecular flexibility index (Phi) is 5.33. The number of hydrogen-bond acceptors (Lipinski definition) is 4. The van der Waals surface area contributed by atoms with Gasteiger partial charge in [0.25, 0.3) is 0 Å². The summed E-state index contributed by atoms with van der Waals surface area (Å²) < 4.78 is 2.03. The summed E-state index contributed by atoms with van der Waals surface area (Å²) in [7, 11) is 0. The molecule has 0 saturated heterocycles. The first-order valence-electron chi connectivity index (χ1n) is 11.7. The van der Waals surface area contributed by atoms with E-state index in [0.29, 0.717) is 6.04 Å². The Morgan fingerprint density at radius 2 is 1.84 bits per heavy atom. The van der Waals surface area contributed by atoms with E-state index >= 15 is 0 Å². The molecule has 0 bridgehead atoms. The van der Waals surface area contributed by atoms with Gasteiger partial charge in [-0.1, -0.05) is 50.2 Å². The van der Waals surface area contributed by atoms with Crippen molar-refractivity contribution in [2.24, 2.45) is 0 Å². The maximum Gasteiger partial charge on any atom is 0.166 e. The van der Waals surface area contributed by atoms with Crippen molar-refractivity contribution in [3.8, 4) is 28.1 Å². The van der Waals surface area contributed by atoms with Crippen molar-refractivity contribution < 1.29 is 5.11 Å². The molecule has 5 rings (SSSR count). The molecule has 4 aromatic rings. The minimum Gasteiger partial charge on any atom is -0.508 e. The second-order valence-corrected chi connectivity index (χ2v) is 8.72. The zero-order valence-corrected chi connectivity index (χ0v) is 19.0. The number of phenols is 1. The third-order valence-corrected chi connectivity index (χ3v) is 6.64. The molecular weight excluding hydrogens is 396 g/mol. The van der Waals surface area contributed by atoms with Crippen molar-refractivity contribution in [1.29, 1.82) is 0 Å². The smallest absolute Gasteiger partial charge is 0.166 e. The zero-order chi connectivity index (χ0) is 22.2. The van der Waals surface area contributed by atoms with Crippen LogP contribution in [0.4, 0.5) is 5.82 Å². The maximum absolute atomic E-state index is 10.0. The number of aromatic nitrogens is 3. The van der Waals surface area contributed by atoms with Crippen molar-refractivity contribution >= 4 is 11.5 Å². The van der Waals surface area contributed by atoms with Crippen molar-refractivity contribution in [2.45, 2.75) is 58.9 Å². The van der Waals surface area contributed by atoms with E-state index in [9.17, 15) is 5.11 Å². The van der Waals surface area contributed by atoms with Crippen LogP contribution >= 0.6 is 0 Å². The van der Waals surface area contributed by atoms with Gasteiger partial charge in [0.15, 0.2) is 5.65 Å². The number of anilines is 1. The predicted molar refractivity (Wildman–Crippen MR) is 130 cm³/mol. The number of nitrogens with zero attached hydrogens (tertiary/aromatic N) is 3. The Labute approximate surface area is 189 Å². The number of aromatic hydroxyl groups is 1. The van der Waals surface area contributed by atoms with Gasteiger partial charge in [-0.3, -0.25) is 0 Å². The van der Waals surface area contributed by atoms with Crippen LogP contribution in [-0.4, -0.2) is 25.7 Å². The van der Waals surface area contributed by atoms with E-state index in [1.165, 1.54) is 11.3 Å². The fourth-order valence-corrected chi connectivity index (χ4v) is 4.84. The maximum atomic E-state index is 10.0. The summed E-state index contributed by atoms with van der Waals surface area (Å²) in [5.74, 6) is 1.37. The number of rotatable bonds is 6. The Bertz CT molecular complexity index is 1270. The molecule has 1 aliphatic carbocycles. The molecule has 2 aromatic heterocycles. The molecule has 164 valence electrons. The monoisotopic (exact) mass is 426 g/mol. The molecule has 5 heteroatoms. The van der Waals surface area contributed by atoms with E-state index in [2.05, 4.69) is 31.3 Å². The quantitative estimate of drug-likeness (QED) is 0.387. The Balaban J connectivity index is 1.84. The van der Waals surface area contributed by atoms with Gasteiger partial charge in [0.2, 0.25) is 0 Å². The Morgan fingerprint density at radius 1 is 1.06 bits per heavy atom. The SMILES string of the molecule is CCC(CC)Nc1c2c(nc3c(-c4ccc(O)cc4C)c(-c4ccccc4)nn13)CCC2. The van der Waals surface area contributed by atoms with Crippen LogP contribution < -0.4 is 5.32 Å². The highest BCUT2D eigenvalue weighted by Crippen LogP contribution is 2.40. The van der Waals surface area contributed by atoms with Crippen LogP contribution in [0.15, 0.2) is 48.5 Å². The van der Waals surface area contributed by atoms with E-state index in [-0.39, 0.29) is 5.75 Å². The lowest BCUT2D eigenvalue weighted by molar-refractivity contribution is 0.475. The predicted octanol–water partition coefficient (Wildman–Crippen LogP) is 6.17. The highest BCUT2D eigenvalue weighted by Gasteiger charge is 2.27. The number of aryl methyl sites for hydroxylation is 2. The molecular formula is C27H30N4O. The second-order valence-electron chi connectivity index (χ2n) is 8.72. The van der Waals surface area contributed by atoms with Gasteiger partial charge in [-0.15, -0.1) is 0 Å². The number of hydrogen-bond donors (Lipinski definition) is 2. The van der Waals surface area contributed by atoms with Crippen LogP contribution in [0.25, 0.3) is 28.0 Å². The minimum atomic E-state index is 0.272. The summed E-state index contributed by atoms with van der Waals surface area (Å²) >= 11 is 0. The van der Waals surface area contributed by atoms with Gasteiger partial charge in [0.1, 0.15) is 17.3 Å². The summed E-state index contributed by atoms with van der Waals surface area (Å²) in [6, 6.07) is 16.3. The molecule has 0 fully saturated rings. The topological polar surface area (TPSA) is 62.5 Å². The van der Waals surface area contributed by atoms with E-state index in [0.717, 1.165) is 71.5 Å². The number of benzene rings is 2. The molecule has 0 aliphatic heterocycles. The molecule has 0 unspecified atom stereocenters. The summed E-state index contributed by atoms with van der Waals surface area (Å²) in [6.07, 6.45) is 5.29. The highest BCUT2D eigenvalue weighted by molar-refractivity contribution is 5.92. The first-order chi connectivity index (χ1) is 15.6. The Hall–Kier alpha value is -3.34. The van der Waals surface area contributed by atoms with Gasteiger partial charge in [-0.2, -0.15) is 9.61 Å². The van der Waals surface area contributed by atoms with Crippen LogP contribution in [0.5, 0.6) is 5.75 Å². The first kappa shape index (κ1) is 20.6. The number of fused-ring (bicyclic) bond motifs is 2. The third kappa shape index (κ3) is 3.42. The van der Waals surface area contributed by atoms with E-state index in [1.54, 1.807) is 6.07 Å². The lowest BCUT2D eigenvalue weighted by Crippen LogP contribution is -2.21. The second kappa shape index (κ2) is 8.30. The first-order valence-corrected chi connectivity index (χ1v) is 11.7. The van der Waals surface area contributed by atoms with E-state index in [1.807, 2.05) is 41.8 Å². The summed E-state index contributed by atoms with van der Waals surface area (Å²) in [6.45, 7) is 6.48. The summed E-state index contributed by atoms with van der Waals surface area (Å²) in [5.41, 5.74) is 8.44. The standard InChI is InChI=1S/C27H30N4O/c1-4-19(5-2)28-26-22-12-9-13-23(22)29-27-24(21-15-14-20(32)16-17(21)3)25(30-31(26)27)18-10-7-6-8-11-18/h6-8,10-11,14-16,19,28,32H,4-5,9,12-13H2,1-3H3. The Morgan fingerprint density at radius 3 is 2.56 bits per heavy atom. The van der Waals surface area contributed by atoms with E-state index in [4.69, 9.17) is 10.1 Å². The molecule has 2 N–H and O–H groups in total. The lowest BCUT2D eigenvalue weighted by Gasteiger charge is -2.19. The third-order valence-electron chi connectivity index (χ3n) is 6.64. The molecule has 1 aliphatic rings. The fourth-order valence-electron chi connectivity index (χ4n) is 4.84. The van der Waals surface area contributed by atoms with Crippen LogP contribution in [0.3, 0.4) is 0 Å². The van der Waals surface area contributed by atoms with Crippen molar-refractivity contribution in [2.75, 3.05) is 5.32 Å². The largest absolute Gasteiger partial charge is 0.508 e. The van der Waals surface area contributed by atoms with Crippen molar-refractivity contribution in [1.82, 2.24) is 14.6 Å². The van der Waals surface area contributed by atoms with Crippen molar-refractivity contribution in [3.05, 3.63) is 65.4 Å². The van der Waals surface area contributed by atoms with Crippen LogP contribution in [0.2, 0.25) is 0 Å². The molecule has 2 aromatic carbocycles. The molecule has 0 radical (unpaired) electrons. The molecule has 0 spiro atoms. The normalized spacial score (nSPS) is 13.1. The van der Waals surface area contributed by atoms with Crippen LogP contribution in [0.1, 0.15) is 49.9 Å². The fraction of sp³-hybridized carbons (Fsp3) is 0.333.